The van der Waals surface area contributed by atoms with Crippen LogP contribution in [0, 0.1) is 5.82 Å². The Labute approximate surface area is 125 Å². The summed E-state index contributed by atoms with van der Waals surface area (Å²) in [5.41, 5.74) is 2.22. The average Bonchev–Trinajstić information content (AvgIpc) is 2.80. The molecule has 0 radical (unpaired) electrons. The summed E-state index contributed by atoms with van der Waals surface area (Å²) in [5.74, 6) is -1.25. The molecule has 1 amide bonds. The molecular weight excluding hydrogens is 287 g/mol. The standard InChI is InChI=1S/C16H13FN2O3/c1-19-13-7-10(5-6-14(13)22-16(19)21)9-18-15(20)11-3-2-4-12(17)8-11/h2-8H,9H2,1H3,(H,18,20). The number of aromatic nitrogens is 1. The smallest absolute Gasteiger partial charge is 0.408 e. The number of fused-ring (bicyclic) bond motifs is 1. The number of benzene rings is 2. The minimum atomic E-state index is -0.456. The molecule has 3 rings (SSSR count). The van der Waals surface area contributed by atoms with Crippen LogP contribution >= 0.6 is 0 Å². The van der Waals surface area contributed by atoms with Gasteiger partial charge < -0.3 is 9.73 Å². The van der Waals surface area contributed by atoms with Crippen molar-refractivity contribution in [2.24, 2.45) is 7.05 Å². The molecule has 0 spiro atoms. The van der Waals surface area contributed by atoms with E-state index in [0.29, 0.717) is 11.1 Å². The molecule has 3 aromatic rings. The van der Waals surface area contributed by atoms with Gasteiger partial charge in [0.15, 0.2) is 5.58 Å². The monoisotopic (exact) mass is 300 g/mol. The van der Waals surface area contributed by atoms with Crippen LogP contribution in [0.15, 0.2) is 51.7 Å². The van der Waals surface area contributed by atoms with Crippen LogP contribution in [0.5, 0.6) is 0 Å². The summed E-state index contributed by atoms with van der Waals surface area (Å²) < 4.78 is 19.5. The second-order valence-electron chi connectivity index (χ2n) is 4.92. The van der Waals surface area contributed by atoms with Crippen molar-refractivity contribution in [2.75, 3.05) is 0 Å². The highest BCUT2D eigenvalue weighted by Crippen LogP contribution is 2.14. The molecule has 1 heterocycles. The van der Waals surface area contributed by atoms with E-state index in [9.17, 15) is 14.0 Å². The number of carbonyl (C=O) groups is 1. The van der Waals surface area contributed by atoms with Crippen LogP contribution in [0.2, 0.25) is 0 Å². The lowest BCUT2D eigenvalue weighted by atomic mass is 10.1. The van der Waals surface area contributed by atoms with Crippen molar-refractivity contribution in [3.8, 4) is 0 Å². The number of oxazole rings is 1. The first-order valence-electron chi connectivity index (χ1n) is 6.67. The maximum atomic E-state index is 13.1. The van der Waals surface area contributed by atoms with Gasteiger partial charge in [0.1, 0.15) is 5.82 Å². The maximum Gasteiger partial charge on any atom is 0.419 e. The molecular formula is C16H13FN2O3. The van der Waals surface area contributed by atoms with Crippen LogP contribution in [0.3, 0.4) is 0 Å². The third kappa shape index (κ3) is 2.63. The van der Waals surface area contributed by atoms with Crippen molar-refractivity contribution in [1.82, 2.24) is 9.88 Å². The van der Waals surface area contributed by atoms with E-state index in [1.54, 1.807) is 31.3 Å². The minimum Gasteiger partial charge on any atom is -0.408 e. The zero-order valence-electron chi connectivity index (χ0n) is 11.8. The van der Waals surface area contributed by atoms with Gasteiger partial charge in [0.2, 0.25) is 0 Å². The molecule has 0 saturated heterocycles. The second-order valence-corrected chi connectivity index (χ2v) is 4.92. The molecule has 0 bridgehead atoms. The van der Waals surface area contributed by atoms with Crippen molar-refractivity contribution in [3.05, 3.63) is 70.0 Å². The summed E-state index contributed by atoms with van der Waals surface area (Å²) in [4.78, 5) is 23.4. The normalized spacial score (nSPS) is 10.8. The van der Waals surface area contributed by atoms with Gasteiger partial charge >= 0.3 is 5.76 Å². The van der Waals surface area contributed by atoms with Crippen LogP contribution in [0.4, 0.5) is 4.39 Å². The Morgan fingerprint density at radius 2 is 2.09 bits per heavy atom. The number of hydrogen-bond donors (Lipinski definition) is 1. The second kappa shape index (κ2) is 5.48. The molecule has 112 valence electrons. The lowest BCUT2D eigenvalue weighted by Crippen LogP contribution is -2.22. The van der Waals surface area contributed by atoms with Gasteiger partial charge in [-0.1, -0.05) is 12.1 Å². The largest absolute Gasteiger partial charge is 0.419 e. The Bertz CT molecular complexity index is 911. The summed E-state index contributed by atoms with van der Waals surface area (Å²) in [5, 5.41) is 2.71. The molecule has 0 aliphatic carbocycles. The van der Waals surface area contributed by atoms with E-state index in [-0.39, 0.29) is 18.0 Å². The molecule has 0 saturated carbocycles. The van der Waals surface area contributed by atoms with Gasteiger partial charge in [-0.15, -0.1) is 0 Å². The first-order valence-corrected chi connectivity index (χ1v) is 6.67. The lowest BCUT2D eigenvalue weighted by molar-refractivity contribution is 0.0950. The fourth-order valence-electron chi connectivity index (χ4n) is 2.20. The van der Waals surface area contributed by atoms with E-state index in [1.165, 1.54) is 22.8 Å². The molecule has 1 N–H and O–H groups in total. The fourth-order valence-corrected chi connectivity index (χ4v) is 2.20. The SMILES string of the molecule is Cn1c(=O)oc2ccc(CNC(=O)c3cccc(F)c3)cc21. The highest BCUT2D eigenvalue weighted by Gasteiger charge is 2.09. The van der Waals surface area contributed by atoms with Crippen molar-refractivity contribution < 1.29 is 13.6 Å². The summed E-state index contributed by atoms with van der Waals surface area (Å²) in [6.07, 6.45) is 0. The number of hydrogen-bond acceptors (Lipinski definition) is 3. The lowest BCUT2D eigenvalue weighted by Gasteiger charge is -2.06. The molecule has 0 aliphatic rings. The maximum absolute atomic E-state index is 13.1. The van der Waals surface area contributed by atoms with Crippen molar-refractivity contribution in [2.45, 2.75) is 6.54 Å². The molecule has 0 unspecified atom stereocenters. The van der Waals surface area contributed by atoms with E-state index >= 15 is 0 Å². The zero-order chi connectivity index (χ0) is 15.7. The van der Waals surface area contributed by atoms with E-state index in [0.717, 1.165) is 5.56 Å². The Balaban J connectivity index is 1.77. The van der Waals surface area contributed by atoms with Crippen LogP contribution in [0.25, 0.3) is 11.1 Å². The van der Waals surface area contributed by atoms with Gasteiger partial charge in [0.25, 0.3) is 5.91 Å². The van der Waals surface area contributed by atoms with Gasteiger partial charge in [0.05, 0.1) is 5.52 Å². The molecule has 0 aliphatic heterocycles. The van der Waals surface area contributed by atoms with Crippen LogP contribution in [-0.4, -0.2) is 10.5 Å². The minimum absolute atomic E-state index is 0.261. The molecule has 1 aromatic heterocycles. The topological polar surface area (TPSA) is 64.2 Å². The first-order chi connectivity index (χ1) is 10.5. The third-order valence-electron chi connectivity index (χ3n) is 3.40. The molecule has 5 nitrogen and oxygen atoms in total. The van der Waals surface area contributed by atoms with E-state index in [4.69, 9.17) is 4.42 Å². The van der Waals surface area contributed by atoms with Crippen molar-refractivity contribution >= 4 is 17.0 Å². The summed E-state index contributed by atoms with van der Waals surface area (Å²) in [6.45, 7) is 0.269. The zero-order valence-corrected chi connectivity index (χ0v) is 11.8. The number of amides is 1. The van der Waals surface area contributed by atoms with Gasteiger partial charge in [0, 0.05) is 19.2 Å². The fraction of sp³-hybridized carbons (Fsp3) is 0.125. The van der Waals surface area contributed by atoms with E-state index < -0.39 is 11.6 Å². The number of rotatable bonds is 3. The van der Waals surface area contributed by atoms with Crippen LogP contribution in [-0.2, 0) is 13.6 Å². The van der Waals surface area contributed by atoms with Crippen molar-refractivity contribution in [3.63, 3.8) is 0 Å². The number of nitrogens with one attached hydrogen (secondary N) is 1. The number of nitrogens with zero attached hydrogens (tertiary/aromatic N) is 1. The Hall–Kier alpha value is -2.89. The van der Waals surface area contributed by atoms with Crippen molar-refractivity contribution in [1.29, 1.82) is 0 Å². The van der Waals surface area contributed by atoms with E-state index in [2.05, 4.69) is 5.32 Å². The molecule has 6 heteroatoms. The highest BCUT2D eigenvalue weighted by molar-refractivity contribution is 5.94. The molecule has 0 atom stereocenters. The Morgan fingerprint density at radius 1 is 1.27 bits per heavy atom. The highest BCUT2D eigenvalue weighted by atomic mass is 19.1. The van der Waals surface area contributed by atoms with Gasteiger partial charge in [-0.3, -0.25) is 9.36 Å². The Morgan fingerprint density at radius 3 is 2.86 bits per heavy atom. The summed E-state index contributed by atoms with van der Waals surface area (Å²) >= 11 is 0. The quantitative estimate of drug-likeness (QED) is 0.806. The molecule has 22 heavy (non-hydrogen) atoms. The Kier molecular flexibility index (Phi) is 3.50. The summed E-state index contributed by atoms with van der Waals surface area (Å²) in [6, 6.07) is 10.7. The van der Waals surface area contributed by atoms with Gasteiger partial charge in [-0.05, 0) is 35.9 Å². The number of aryl methyl sites for hydroxylation is 1. The first kappa shape index (κ1) is 14.1. The summed E-state index contributed by atoms with van der Waals surface area (Å²) in [7, 11) is 1.61. The predicted octanol–water partition coefficient (Wildman–Crippen LogP) is 2.20. The average molecular weight is 300 g/mol. The molecule has 0 fully saturated rings. The van der Waals surface area contributed by atoms with Crippen LogP contribution in [0.1, 0.15) is 15.9 Å². The van der Waals surface area contributed by atoms with Gasteiger partial charge in [-0.2, -0.15) is 0 Å². The van der Waals surface area contributed by atoms with Crippen LogP contribution < -0.4 is 11.1 Å². The predicted molar refractivity (Wildman–Crippen MR) is 79.0 cm³/mol. The number of halogens is 1. The number of carbonyl (C=O) groups excluding carboxylic acids is 1. The third-order valence-corrected chi connectivity index (χ3v) is 3.40. The molecule has 2 aromatic carbocycles. The van der Waals surface area contributed by atoms with Gasteiger partial charge in [-0.25, -0.2) is 9.18 Å². The van der Waals surface area contributed by atoms with E-state index in [1.807, 2.05) is 0 Å².